The van der Waals surface area contributed by atoms with Crippen LogP contribution in [0.5, 0.6) is 0 Å². The van der Waals surface area contributed by atoms with Gasteiger partial charge in [0.1, 0.15) is 6.04 Å². The highest BCUT2D eigenvalue weighted by Gasteiger charge is 2.13. The van der Waals surface area contributed by atoms with Crippen LogP contribution in [-0.2, 0) is 22.4 Å². The van der Waals surface area contributed by atoms with Gasteiger partial charge in [0.05, 0.1) is 7.11 Å². The van der Waals surface area contributed by atoms with E-state index in [1.165, 1.54) is 12.7 Å². The topological polar surface area (TPSA) is 52.3 Å². The molecule has 0 bridgehead atoms. The first-order chi connectivity index (χ1) is 8.02. The van der Waals surface area contributed by atoms with Crippen molar-refractivity contribution in [2.75, 3.05) is 7.11 Å². The van der Waals surface area contributed by atoms with Crippen LogP contribution < -0.4 is 5.73 Å². The molecule has 3 nitrogen and oxygen atoms in total. The summed E-state index contributed by atoms with van der Waals surface area (Å²) < 4.78 is 4.60. The van der Waals surface area contributed by atoms with Crippen molar-refractivity contribution >= 4 is 5.97 Å². The second-order valence-electron chi connectivity index (χ2n) is 4.75. The third-order valence-electron chi connectivity index (χ3n) is 2.63. The van der Waals surface area contributed by atoms with E-state index in [-0.39, 0.29) is 5.97 Å². The van der Waals surface area contributed by atoms with E-state index in [9.17, 15) is 4.79 Å². The molecule has 2 N–H and O–H groups in total. The highest BCUT2D eigenvalue weighted by molar-refractivity contribution is 5.75. The van der Waals surface area contributed by atoms with Gasteiger partial charge in [-0.25, -0.2) is 0 Å². The molecule has 0 aliphatic carbocycles. The molecule has 1 rings (SSSR count). The molecule has 1 aromatic carbocycles. The first kappa shape index (κ1) is 13.7. The Morgan fingerprint density at radius 3 is 2.06 bits per heavy atom. The fourth-order valence-electron chi connectivity index (χ4n) is 1.77. The predicted octanol–water partition coefficient (Wildman–Crippen LogP) is 1.93. The molecule has 94 valence electrons. The molecule has 0 radical (unpaired) electrons. The highest BCUT2D eigenvalue weighted by atomic mass is 16.5. The molecule has 0 aliphatic rings. The number of benzene rings is 1. The van der Waals surface area contributed by atoms with E-state index in [0.29, 0.717) is 12.3 Å². The Hall–Kier alpha value is -1.35. The zero-order valence-corrected chi connectivity index (χ0v) is 10.8. The van der Waals surface area contributed by atoms with Gasteiger partial charge in [0.15, 0.2) is 0 Å². The summed E-state index contributed by atoms with van der Waals surface area (Å²) in [5, 5.41) is 0. The van der Waals surface area contributed by atoms with Crippen molar-refractivity contribution in [3.8, 4) is 0 Å². The Balaban J connectivity index is 2.59. The molecule has 0 fully saturated rings. The zero-order chi connectivity index (χ0) is 12.8. The first-order valence-electron chi connectivity index (χ1n) is 5.94. The van der Waals surface area contributed by atoms with Crippen LogP contribution in [0.4, 0.5) is 0 Å². The van der Waals surface area contributed by atoms with E-state index in [4.69, 9.17) is 5.73 Å². The number of ether oxygens (including phenoxy) is 1. The van der Waals surface area contributed by atoms with Gasteiger partial charge in [0.2, 0.25) is 0 Å². The number of esters is 1. The van der Waals surface area contributed by atoms with E-state index >= 15 is 0 Å². The lowest BCUT2D eigenvalue weighted by molar-refractivity contribution is -0.142. The highest BCUT2D eigenvalue weighted by Crippen LogP contribution is 2.11. The normalized spacial score (nSPS) is 12.5. The van der Waals surface area contributed by atoms with Gasteiger partial charge in [-0.2, -0.15) is 0 Å². The summed E-state index contributed by atoms with van der Waals surface area (Å²) >= 11 is 0. The van der Waals surface area contributed by atoms with E-state index < -0.39 is 6.04 Å². The van der Waals surface area contributed by atoms with Crippen molar-refractivity contribution < 1.29 is 9.53 Å². The van der Waals surface area contributed by atoms with Crippen LogP contribution >= 0.6 is 0 Å². The van der Waals surface area contributed by atoms with Gasteiger partial charge >= 0.3 is 5.97 Å². The second-order valence-corrected chi connectivity index (χ2v) is 4.75. The van der Waals surface area contributed by atoms with E-state index in [0.717, 1.165) is 12.0 Å². The lowest BCUT2D eigenvalue weighted by Crippen LogP contribution is -2.33. The maximum absolute atomic E-state index is 11.2. The van der Waals surface area contributed by atoms with E-state index in [2.05, 4.69) is 30.7 Å². The molecule has 0 aliphatic heterocycles. The summed E-state index contributed by atoms with van der Waals surface area (Å²) in [6.45, 7) is 4.39. The number of carbonyl (C=O) groups excluding carboxylic acids is 1. The summed E-state index contributed by atoms with van der Waals surface area (Å²) in [5.74, 6) is 0.287. The molecule has 17 heavy (non-hydrogen) atoms. The number of methoxy groups -OCH3 is 1. The third kappa shape index (κ3) is 4.57. The van der Waals surface area contributed by atoms with Gasteiger partial charge in [0, 0.05) is 0 Å². The fraction of sp³-hybridized carbons (Fsp3) is 0.500. The molecule has 0 heterocycles. The van der Waals surface area contributed by atoms with Gasteiger partial charge in [-0.3, -0.25) is 4.79 Å². The van der Waals surface area contributed by atoms with Crippen molar-refractivity contribution in [3.05, 3.63) is 35.4 Å². The Kier molecular flexibility index (Phi) is 5.16. The lowest BCUT2D eigenvalue weighted by atomic mass is 9.99. The number of carbonyl (C=O) groups is 1. The molecule has 1 atom stereocenters. The molecule has 0 unspecified atom stereocenters. The van der Waals surface area contributed by atoms with E-state index in [1.807, 2.05) is 12.1 Å². The number of nitrogens with two attached hydrogens (primary N) is 1. The Morgan fingerprint density at radius 2 is 1.65 bits per heavy atom. The summed E-state index contributed by atoms with van der Waals surface area (Å²) in [7, 11) is 1.36. The average Bonchev–Trinajstić information content (AvgIpc) is 2.30. The molecule has 0 spiro atoms. The summed E-state index contributed by atoms with van der Waals surface area (Å²) in [6, 6.07) is 7.68. The third-order valence-corrected chi connectivity index (χ3v) is 2.63. The van der Waals surface area contributed by atoms with Gasteiger partial charge < -0.3 is 10.5 Å². The predicted molar refractivity (Wildman–Crippen MR) is 68.7 cm³/mol. The van der Waals surface area contributed by atoms with Crippen LogP contribution in [0.2, 0.25) is 0 Å². The summed E-state index contributed by atoms with van der Waals surface area (Å²) in [6.07, 6.45) is 1.60. The molecule has 0 amide bonds. The Morgan fingerprint density at radius 1 is 1.18 bits per heavy atom. The lowest BCUT2D eigenvalue weighted by Gasteiger charge is -2.10. The van der Waals surface area contributed by atoms with Crippen molar-refractivity contribution in [1.29, 1.82) is 0 Å². The van der Waals surface area contributed by atoms with Crippen LogP contribution in [0, 0.1) is 5.92 Å². The minimum Gasteiger partial charge on any atom is -0.468 e. The number of hydrogen-bond acceptors (Lipinski definition) is 3. The van der Waals surface area contributed by atoms with Gasteiger partial charge in [0.25, 0.3) is 0 Å². The Bertz CT molecular complexity index is 357. The maximum Gasteiger partial charge on any atom is 0.322 e. The quantitative estimate of drug-likeness (QED) is 0.793. The van der Waals surface area contributed by atoms with Crippen LogP contribution in [0.25, 0.3) is 0 Å². The van der Waals surface area contributed by atoms with Crippen LogP contribution in [0.15, 0.2) is 24.3 Å². The maximum atomic E-state index is 11.2. The van der Waals surface area contributed by atoms with Crippen LogP contribution in [0.1, 0.15) is 25.0 Å². The molecular formula is C14H21NO2. The molecule has 0 saturated heterocycles. The summed E-state index contributed by atoms with van der Waals surface area (Å²) in [4.78, 5) is 11.2. The number of hydrogen-bond donors (Lipinski definition) is 1. The standard InChI is InChI=1S/C14H21NO2/c1-10(2)8-11-4-6-12(7-5-11)9-13(15)14(16)17-3/h4-7,10,13H,8-9,15H2,1-3H3/t13-/m1/s1. The van der Waals surface area contributed by atoms with Crippen molar-refractivity contribution in [1.82, 2.24) is 0 Å². The summed E-state index contributed by atoms with van der Waals surface area (Å²) in [5.41, 5.74) is 8.08. The minimum atomic E-state index is -0.573. The monoisotopic (exact) mass is 235 g/mol. The fourth-order valence-corrected chi connectivity index (χ4v) is 1.77. The van der Waals surface area contributed by atoms with Crippen molar-refractivity contribution in [2.24, 2.45) is 11.7 Å². The molecule has 0 aromatic heterocycles. The smallest absolute Gasteiger partial charge is 0.322 e. The van der Waals surface area contributed by atoms with E-state index in [1.54, 1.807) is 0 Å². The molecular weight excluding hydrogens is 214 g/mol. The van der Waals surface area contributed by atoms with Crippen molar-refractivity contribution in [2.45, 2.75) is 32.7 Å². The first-order valence-corrected chi connectivity index (χ1v) is 5.94. The van der Waals surface area contributed by atoms with Gasteiger partial charge in [-0.1, -0.05) is 38.1 Å². The molecule has 0 saturated carbocycles. The number of rotatable bonds is 5. The van der Waals surface area contributed by atoms with Gasteiger partial charge in [-0.05, 0) is 29.9 Å². The van der Waals surface area contributed by atoms with Crippen molar-refractivity contribution in [3.63, 3.8) is 0 Å². The van der Waals surface area contributed by atoms with Crippen LogP contribution in [-0.4, -0.2) is 19.1 Å². The SMILES string of the molecule is COC(=O)[C@H](N)Cc1ccc(CC(C)C)cc1. The van der Waals surface area contributed by atoms with Gasteiger partial charge in [-0.15, -0.1) is 0 Å². The second kappa shape index (κ2) is 6.40. The molecule has 1 aromatic rings. The molecule has 3 heteroatoms. The largest absolute Gasteiger partial charge is 0.468 e. The Labute approximate surface area is 103 Å². The van der Waals surface area contributed by atoms with Crippen LogP contribution in [0.3, 0.4) is 0 Å². The minimum absolute atomic E-state index is 0.365. The zero-order valence-electron chi connectivity index (χ0n) is 10.8. The average molecular weight is 235 g/mol.